The zero-order chi connectivity index (χ0) is 21.9. The van der Waals surface area contributed by atoms with E-state index in [9.17, 15) is 9.59 Å². The Bertz CT molecular complexity index is 1010. The van der Waals surface area contributed by atoms with E-state index in [0.29, 0.717) is 5.75 Å². The lowest BCUT2D eigenvalue weighted by Crippen LogP contribution is -2.41. The molecule has 0 saturated carbocycles. The molecule has 4 unspecified atom stereocenters. The Hall–Kier alpha value is -2.70. The molecule has 0 amide bonds. The van der Waals surface area contributed by atoms with Gasteiger partial charge in [-0.25, -0.2) is 0 Å². The normalized spacial score (nSPS) is 34.2. The maximum atomic E-state index is 13.6. The van der Waals surface area contributed by atoms with Crippen LogP contribution < -0.4 is 9.47 Å². The number of ether oxygens (including phenoxy) is 4. The predicted molar refractivity (Wildman–Crippen MR) is 109 cm³/mol. The molecule has 158 valence electrons. The highest BCUT2D eigenvalue weighted by Gasteiger charge is 2.80. The molecule has 6 nitrogen and oxygen atoms in total. The number of epoxide rings is 2. The van der Waals surface area contributed by atoms with Gasteiger partial charge in [-0.3, -0.25) is 9.59 Å². The second-order valence-corrected chi connectivity index (χ2v) is 8.51. The van der Waals surface area contributed by atoms with Crippen molar-refractivity contribution in [3.8, 4) is 11.5 Å². The van der Waals surface area contributed by atoms with Crippen molar-refractivity contribution in [2.24, 2.45) is 0 Å². The molecule has 0 radical (unpaired) electrons. The average Bonchev–Trinajstić information content (AvgIpc) is 3.52. The number of benzene rings is 2. The summed E-state index contributed by atoms with van der Waals surface area (Å²) < 4.78 is 22.4. The summed E-state index contributed by atoms with van der Waals surface area (Å²) in [6, 6.07) is 14.6. The third kappa shape index (κ3) is 2.78. The van der Waals surface area contributed by atoms with Crippen LogP contribution in [0.4, 0.5) is 0 Å². The summed E-state index contributed by atoms with van der Waals surface area (Å²) in [6.45, 7) is 8.78. The van der Waals surface area contributed by atoms with Crippen molar-refractivity contribution < 1.29 is 28.5 Å². The van der Waals surface area contributed by atoms with Gasteiger partial charge in [-0.15, -0.1) is 0 Å². The van der Waals surface area contributed by atoms with Crippen molar-refractivity contribution in [3.05, 3.63) is 59.7 Å². The molecule has 0 spiro atoms. The maximum absolute atomic E-state index is 13.6. The molecule has 2 aromatic rings. The summed E-state index contributed by atoms with van der Waals surface area (Å²) in [5.74, 6) is 0.722. The molecule has 0 aliphatic carbocycles. The van der Waals surface area contributed by atoms with Gasteiger partial charge in [0.25, 0.3) is 0 Å². The summed E-state index contributed by atoms with van der Waals surface area (Å²) in [5, 5.41) is 0. The monoisotopic (exact) mass is 410 g/mol. The summed E-state index contributed by atoms with van der Waals surface area (Å²) in [7, 11) is 1.61. The van der Waals surface area contributed by atoms with Crippen LogP contribution in [-0.2, 0) is 30.3 Å². The molecule has 0 aromatic heterocycles. The number of esters is 1. The Balaban J connectivity index is 1.55. The first-order valence-electron chi connectivity index (χ1n) is 9.89. The molecule has 4 rings (SSSR count). The zero-order valence-corrected chi connectivity index (χ0v) is 18.1. The number of ketones is 1. The standard InChI is InChI=1S/C24H26O6/c1-15(25)28-19-13-9-17(10-14-19)22(3)24(5,30-22)20(26)23(4)21(2,29-23)16-7-11-18(27-6)12-8-16/h7-14H,1-6H3. The van der Waals surface area contributed by atoms with Crippen LogP contribution in [0.15, 0.2) is 48.5 Å². The number of hydrogen-bond acceptors (Lipinski definition) is 6. The SMILES string of the molecule is COc1ccc(C2(C)OC2(C)C(=O)C2(C)OC2(C)c2ccc(OC(C)=O)cc2)cc1. The number of Topliss-reactive ketones (excluding diaryl/α,β-unsaturated/α-hetero) is 1. The molecule has 2 fully saturated rings. The van der Waals surface area contributed by atoms with Gasteiger partial charge in [-0.1, -0.05) is 24.3 Å². The summed E-state index contributed by atoms with van der Waals surface area (Å²) in [4.78, 5) is 24.7. The Morgan fingerprint density at radius 3 is 1.50 bits per heavy atom. The highest BCUT2D eigenvalue weighted by molar-refractivity contribution is 6.01. The molecular weight excluding hydrogens is 384 g/mol. The summed E-state index contributed by atoms with van der Waals surface area (Å²) in [6.07, 6.45) is 0. The topological polar surface area (TPSA) is 77.7 Å². The first-order chi connectivity index (χ1) is 14.0. The summed E-state index contributed by atoms with van der Waals surface area (Å²) in [5.41, 5.74) is -1.78. The second kappa shape index (κ2) is 6.40. The quantitative estimate of drug-likeness (QED) is 0.408. The lowest BCUT2D eigenvalue weighted by atomic mass is 9.77. The Morgan fingerprint density at radius 2 is 1.13 bits per heavy atom. The number of methoxy groups -OCH3 is 1. The third-order valence-electron chi connectivity index (χ3n) is 6.73. The van der Waals surface area contributed by atoms with Crippen molar-refractivity contribution >= 4 is 11.8 Å². The first-order valence-corrected chi connectivity index (χ1v) is 9.89. The Morgan fingerprint density at radius 1 is 0.733 bits per heavy atom. The van der Waals surface area contributed by atoms with Crippen LogP contribution in [0.2, 0.25) is 0 Å². The van der Waals surface area contributed by atoms with Crippen LogP contribution in [0.25, 0.3) is 0 Å². The van der Waals surface area contributed by atoms with E-state index in [-0.39, 0.29) is 11.8 Å². The minimum absolute atomic E-state index is 0.0973. The number of carbonyl (C=O) groups excluding carboxylic acids is 2. The van der Waals surface area contributed by atoms with Crippen LogP contribution in [-0.4, -0.2) is 30.1 Å². The van der Waals surface area contributed by atoms with Crippen LogP contribution in [0.5, 0.6) is 11.5 Å². The van der Waals surface area contributed by atoms with Crippen molar-refractivity contribution in [2.45, 2.75) is 57.0 Å². The maximum Gasteiger partial charge on any atom is 0.308 e. The van der Waals surface area contributed by atoms with E-state index in [1.807, 2.05) is 57.2 Å². The lowest BCUT2D eigenvalue weighted by molar-refractivity contribution is -0.132. The van der Waals surface area contributed by atoms with Gasteiger partial charge < -0.3 is 18.9 Å². The van der Waals surface area contributed by atoms with Crippen LogP contribution >= 0.6 is 0 Å². The van der Waals surface area contributed by atoms with E-state index >= 15 is 0 Å². The van der Waals surface area contributed by atoms with Crippen molar-refractivity contribution in [2.75, 3.05) is 7.11 Å². The number of hydrogen-bond donors (Lipinski definition) is 0. The van der Waals surface area contributed by atoms with Crippen molar-refractivity contribution in [1.29, 1.82) is 0 Å². The predicted octanol–water partition coefficient (Wildman–Crippen LogP) is 3.90. The van der Waals surface area contributed by atoms with E-state index in [1.54, 1.807) is 26.2 Å². The molecule has 30 heavy (non-hydrogen) atoms. The van der Waals surface area contributed by atoms with Gasteiger partial charge in [-0.2, -0.15) is 0 Å². The number of rotatable bonds is 6. The molecular formula is C24H26O6. The van der Waals surface area contributed by atoms with E-state index in [2.05, 4.69) is 0 Å². The minimum Gasteiger partial charge on any atom is -0.497 e. The van der Waals surface area contributed by atoms with E-state index in [1.165, 1.54) is 6.92 Å². The van der Waals surface area contributed by atoms with Gasteiger partial charge in [0.05, 0.1) is 7.11 Å². The number of carbonyl (C=O) groups is 2. The Kier molecular flexibility index (Phi) is 4.39. The highest BCUT2D eigenvalue weighted by Crippen LogP contribution is 2.64. The minimum atomic E-state index is -1.02. The second-order valence-electron chi connectivity index (χ2n) is 8.51. The molecule has 2 aromatic carbocycles. The smallest absolute Gasteiger partial charge is 0.308 e. The van der Waals surface area contributed by atoms with Crippen molar-refractivity contribution in [1.82, 2.24) is 0 Å². The molecule has 2 aliphatic heterocycles. The van der Waals surface area contributed by atoms with Gasteiger partial charge in [0.15, 0.2) is 11.2 Å². The Labute approximate surface area is 176 Å². The third-order valence-corrected chi connectivity index (χ3v) is 6.73. The first kappa shape index (κ1) is 20.6. The zero-order valence-electron chi connectivity index (χ0n) is 18.1. The molecule has 2 saturated heterocycles. The fourth-order valence-electron chi connectivity index (χ4n) is 4.33. The molecule has 0 bridgehead atoms. The van der Waals surface area contributed by atoms with E-state index in [0.717, 1.165) is 16.9 Å². The molecule has 4 atom stereocenters. The summed E-state index contributed by atoms with van der Waals surface area (Å²) >= 11 is 0. The van der Waals surface area contributed by atoms with Crippen molar-refractivity contribution in [3.63, 3.8) is 0 Å². The molecule has 6 heteroatoms. The van der Waals surface area contributed by atoms with Gasteiger partial charge in [-0.05, 0) is 63.1 Å². The molecule has 2 heterocycles. The van der Waals surface area contributed by atoms with Gasteiger partial charge in [0, 0.05) is 6.92 Å². The van der Waals surface area contributed by atoms with Gasteiger partial charge >= 0.3 is 5.97 Å². The lowest BCUT2D eigenvalue weighted by Gasteiger charge is -2.18. The van der Waals surface area contributed by atoms with Crippen LogP contribution in [0.1, 0.15) is 45.7 Å². The van der Waals surface area contributed by atoms with Crippen LogP contribution in [0.3, 0.4) is 0 Å². The average molecular weight is 410 g/mol. The highest BCUT2D eigenvalue weighted by atomic mass is 16.7. The van der Waals surface area contributed by atoms with E-state index < -0.39 is 22.4 Å². The van der Waals surface area contributed by atoms with Gasteiger partial charge in [0.1, 0.15) is 22.7 Å². The largest absolute Gasteiger partial charge is 0.497 e. The van der Waals surface area contributed by atoms with Crippen LogP contribution in [0, 0.1) is 0 Å². The molecule has 0 N–H and O–H groups in total. The van der Waals surface area contributed by atoms with Gasteiger partial charge in [0.2, 0.25) is 5.78 Å². The van der Waals surface area contributed by atoms with E-state index in [4.69, 9.17) is 18.9 Å². The molecule has 2 aliphatic rings. The fraction of sp³-hybridized carbons (Fsp3) is 0.417. The fourth-order valence-corrected chi connectivity index (χ4v) is 4.33.